The van der Waals surface area contributed by atoms with Gasteiger partial charge in [0, 0.05) is 6.07 Å². The van der Waals surface area contributed by atoms with Crippen LogP contribution >= 0.6 is 0 Å². The van der Waals surface area contributed by atoms with E-state index in [0.717, 1.165) is 0 Å². The highest BCUT2D eigenvalue weighted by Crippen LogP contribution is 2.20. The van der Waals surface area contributed by atoms with Crippen LogP contribution < -0.4 is 4.72 Å². The van der Waals surface area contributed by atoms with Crippen LogP contribution in [0.2, 0.25) is 0 Å². The van der Waals surface area contributed by atoms with Crippen LogP contribution in [0.4, 0.5) is 13.2 Å². The van der Waals surface area contributed by atoms with E-state index in [1.165, 1.54) is 6.92 Å². The van der Waals surface area contributed by atoms with Crippen molar-refractivity contribution < 1.29 is 31.5 Å². The molecule has 118 valence electrons. The molecule has 0 bridgehead atoms. The molecule has 0 aliphatic heterocycles. The molecule has 1 aromatic rings. The fourth-order valence-corrected chi connectivity index (χ4v) is 2.96. The molecule has 21 heavy (non-hydrogen) atoms. The lowest BCUT2D eigenvalue weighted by atomic mass is 10.0. The number of hydrogen-bond acceptors (Lipinski definition) is 3. The zero-order chi connectivity index (χ0) is 16.4. The standard InChI is InChI=1S/C12H14F3NO4S/c1-3-6(2)11(12(17)18)16-21(19,20)10-5-8(14)7(13)4-9(10)15/h4-6,11,16H,3H2,1-2H3,(H,17,18)/t6-,11-/m0/s1. The first-order valence-corrected chi connectivity index (χ1v) is 7.48. The largest absolute Gasteiger partial charge is 0.480 e. The van der Waals surface area contributed by atoms with Crippen LogP contribution in [0.3, 0.4) is 0 Å². The zero-order valence-corrected chi connectivity index (χ0v) is 12.0. The van der Waals surface area contributed by atoms with Gasteiger partial charge in [-0.25, -0.2) is 21.6 Å². The van der Waals surface area contributed by atoms with Crippen molar-refractivity contribution in [2.24, 2.45) is 5.92 Å². The Kier molecular flexibility index (Phi) is 5.35. The summed E-state index contributed by atoms with van der Waals surface area (Å²) in [4.78, 5) is 9.92. The molecule has 0 unspecified atom stereocenters. The molecule has 0 aromatic heterocycles. The summed E-state index contributed by atoms with van der Waals surface area (Å²) in [5, 5.41) is 9.00. The number of hydrogen-bond donors (Lipinski definition) is 2. The van der Waals surface area contributed by atoms with E-state index in [1.807, 2.05) is 0 Å². The molecule has 0 radical (unpaired) electrons. The summed E-state index contributed by atoms with van der Waals surface area (Å²) in [5.74, 6) is -6.62. The van der Waals surface area contributed by atoms with Gasteiger partial charge in [0.05, 0.1) is 0 Å². The molecule has 0 aliphatic carbocycles. The summed E-state index contributed by atoms with van der Waals surface area (Å²) in [6, 6.07) is -1.25. The van der Waals surface area contributed by atoms with Gasteiger partial charge in [-0.05, 0) is 12.0 Å². The third-order valence-electron chi connectivity index (χ3n) is 3.03. The molecule has 2 atom stereocenters. The maximum absolute atomic E-state index is 13.5. The van der Waals surface area contributed by atoms with Crippen LogP contribution in [-0.2, 0) is 14.8 Å². The number of carbonyl (C=O) groups is 1. The van der Waals surface area contributed by atoms with E-state index in [0.29, 0.717) is 6.42 Å². The Labute approximate surface area is 119 Å². The number of halogens is 3. The number of rotatable bonds is 6. The number of nitrogens with one attached hydrogen (secondary N) is 1. The smallest absolute Gasteiger partial charge is 0.322 e. The quantitative estimate of drug-likeness (QED) is 0.782. The van der Waals surface area contributed by atoms with E-state index < -0.39 is 50.3 Å². The van der Waals surface area contributed by atoms with Crippen LogP contribution in [-0.4, -0.2) is 25.5 Å². The Balaban J connectivity index is 3.23. The molecule has 0 spiro atoms. The molecular weight excluding hydrogens is 311 g/mol. The molecule has 0 fully saturated rings. The molecule has 1 aromatic carbocycles. The predicted octanol–water partition coefficient (Wildman–Crippen LogP) is 1.88. The fourth-order valence-electron chi connectivity index (χ4n) is 1.59. The summed E-state index contributed by atoms with van der Waals surface area (Å²) < 4.78 is 65.0. The molecule has 2 N–H and O–H groups in total. The van der Waals surface area contributed by atoms with Gasteiger partial charge in [0.1, 0.15) is 16.8 Å². The highest BCUT2D eigenvalue weighted by molar-refractivity contribution is 7.89. The molecular formula is C12H14F3NO4S. The highest BCUT2D eigenvalue weighted by Gasteiger charge is 2.31. The Hall–Kier alpha value is -1.61. The second kappa shape index (κ2) is 6.44. The fraction of sp³-hybridized carbons (Fsp3) is 0.417. The van der Waals surface area contributed by atoms with Crippen molar-refractivity contribution in [2.75, 3.05) is 0 Å². The average Bonchev–Trinajstić information content (AvgIpc) is 2.38. The van der Waals surface area contributed by atoms with Gasteiger partial charge >= 0.3 is 5.97 Å². The van der Waals surface area contributed by atoms with Crippen molar-refractivity contribution in [3.8, 4) is 0 Å². The van der Waals surface area contributed by atoms with E-state index >= 15 is 0 Å². The predicted molar refractivity (Wildman–Crippen MR) is 67.5 cm³/mol. The lowest BCUT2D eigenvalue weighted by molar-refractivity contribution is -0.140. The SMILES string of the molecule is CC[C@H](C)[C@H](NS(=O)(=O)c1cc(F)c(F)cc1F)C(=O)O. The summed E-state index contributed by atoms with van der Waals surface area (Å²) in [6.07, 6.45) is 0.347. The van der Waals surface area contributed by atoms with E-state index in [2.05, 4.69) is 0 Å². The van der Waals surface area contributed by atoms with Crippen molar-refractivity contribution in [3.63, 3.8) is 0 Å². The zero-order valence-electron chi connectivity index (χ0n) is 11.2. The molecule has 5 nitrogen and oxygen atoms in total. The van der Waals surface area contributed by atoms with Crippen LogP contribution in [0.5, 0.6) is 0 Å². The molecule has 0 aliphatic rings. The number of sulfonamides is 1. The lowest BCUT2D eigenvalue weighted by Gasteiger charge is -2.20. The topological polar surface area (TPSA) is 83.5 Å². The second-order valence-electron chi connectivity index (χ2n) is 4.52. The minimum absolute atomic E-state index is 0.0862. The van der Waals surface area contributed by atoms with Crippen LogP contribution in [0.15, 0.2) is 17.0 Å². The normalized spacial score (nSPS) is 14.7. The summed E-state index contributed by atoms with van der Waals surface area (Å²) in [6.45, 7) is 3.13. The number of aliphatic carboxylic acids is 1. The molecule has 1 rings (SSSR count). The minimum atomic E-state index is -4.64. The summed E-state index contributed by atoms with van der Waals surface area (Å²) >= 11 is 0. The van der Waals surface area contributed by atoms with Gasteiger partial charge in [0.15, 0.2) is 11.6 Å². The molecule has 0 saturated carbocycles. The first-order valence-electron chi connectivity index (χ1n) is 5.99. The van der Waals surface area contributed by atoms with Gasteiger partial charge in [0.2, 0.25) is 10.0 Å². The first-order chi connectivity index (χ1) is 9.60. The van der Waals surface area contributed by atoms with Crippen LogP contribution in [0.25, 0.3) is 0 Å². The second-order valence-corrected chi connectivity index (χ2v) is 6.20. The number of carboxylic acids is 1. The van der Waals surface area contributed by atoms with Gasteiger partial charge in [0.25, 0.3) is 0 Å². The van der Waals surface area contributed by atoms with Crippen molar-refractivity contribution in [1.29, 1.82) is 0 Å². The number of carboxylic acid groups (broad SMARTS) is 1. The lowest BCUT2D eigenvalue weighted by Crippen LogP contribution is -2.45. The third-order valence-corrected chi connectivity index (χ3v) is 4.48. The molecule has 0 heterocycles. The van der Waals surface area contributed by atoms with Gasteiger partial charge in [-0.2, -0.15) is 4.72 Å². The Morgan fingerprint density at radius 3 is 2.24 bits per heavy atom. The average molecular weight is 325 g/mol. The highest BCUT2D eigenvalue weighted by atomic mass is 32.2. The van der Waals surface area contributed by atoms with Gasteiger partial charge in [-0.3, -0.25) is 4.79 Å². The molecule has 0 saturated heterocycles. The van der Waals surface area contributed by atoms with E-state index in [4.69, 9.17) is 5.11 Å². The van der Waals surface area contributed by atoms with E-state index in [9.17, 15) is 26.4 Å². The Morgan fingerprint density at radius 2 is 1.76 bits per heavy atom. The summed E-state index contributed by atoms with van der Waals surface area (Å²) in [7, 11) is -4.64. The summed E-state index contributed by atoms with van der Waals surface area (Å²) in [5.41, 5.74) is 0. The van der Waals surface area contributed by atoms with Gasteiger partial charge in [-0.1, -0.05) is 20.3 Å². The van der Waals surface area contributed by atoms with Crippen molar-refractivity contribution in [2.45, 2.75) is 31.2 Å². The van der Waals surface area contributed by atoms with Crippen molar-refractivity contribution in [3.05, 3.63) is 29.6 Å². The van der Waals surface area contributed by atoms with Gasteiger partial charge in [-0.15, -0.1) is 0 Å². The van der Waals surface area contributed by atoms with Gasteiger partial charge < -0.3 is 5.11 Å². The van der Waals surface area contributed by atoms with Crippen molar-refractivity contribution in [1.82, 2.24) is 4.72 Å². The van der Waals surface area contributed by atoms with Crippen LogP contribution in [0.1, 0.15) is 20.3 Å². The maximum atomic E-state index is 13.5. The van der Waals surface area contributed by atoms with Crippen LogP contribution in [0, 0.1) is 23.4 Å². The first kappa shape index (κ1) is 17.4. The number of benzene rings is 1. The van der Waals surface area contributed by atoms with E-state index in [-0.39, 0.29) is 12.1 Å². The Bertz CT molecular complexity index is 648. The minimum Gasteiger partial charge on any atom is -0.480 e. The molecule has 9 heteroatoms. The van der Waals surface area contributed by atoms with Crippen molar-refractivity contribution >= 4 is 16.0 Å². The molecule has 0 amide bonds. The Morgan fingerprint density at radius 1 is 1.24 bits per heavy atom. The maximum Gasteiger partial charge on any atom is 0.322 e. The third kappa shape index (κ3) is 3.94. The monoisotopic (exact) mass is 325 g/mol. The van der Waals surface area contributed by atoms with E-state index in [1.54, 1.807) is 11.6 Å².